The van der Waals surface area contributed by atoms with Gasteiger partial charge in [0.15, 0.2) is 0 Å². The minimum absolute atomic E-state index is 0.0800. The van der Waals surface area contributed by atoms with Gasteiger partial charge in [0.25, 0.3) is 5.91 Å². The van der Waals surface area contributed by atoms with Gasteiger partial charge in [-0.2, -0.15) is 0 Å². The maximum Gasteiger partial charge on any atom is 0.253 e. The third-order valence-corrected chi connectivity index (χ3v) is 4.65. The van der Waals surface area contributed by atoms with Gasteiger partial charge in [0.2, 0.25) is 0 Å². The summed E-state index contributed by atoms with van der Waals surface area (Å²) in [6.45, 7) is 7.87. The molecular weight excluding hydrogens is 318 g/mol. The first-order chi connectivity index (χ1) is 12.1. The van der Waals surface area contributed by atoms with E-state index in [0.717, 1.165) is 48.6 Å². The SMILES string of the molecule is COc1ccc2cc(C(=O)NCCN3CCOC[C@@H]3C)c(C)nc2c1. The molecule has 0 spiro atoms. The number of carbonyl (C=O) groups excluding carboxylic acids is 1. The molecule has 1 fully saturated rings. The minimum atomic E-state index is -0.0800. The Bertz CT molecular complexity index is 763. The van der Waals surface area contributed by atoms with E-state index in [1.54, 1.807) is 7.11 Å². The second kappa shape index (κ2) is 7.80. The van der Waals surface area contributed by atoms with Crippen molar-refractivity contribution in [1.82, 2.24) is 15.2 Å². The molecule has 0 saturated carbocycles. The number of aryl methyl sites for hydroxylation is 1. The molecular formula is C19H25N3O3. The highest BCUT2D eigenvalue weighted by atomic mass is 16.5. The van der Waals surface area contributed by atoms with E-state index in [1.807, 2.05) is 31.2 Å². The van der Waals surface area contributed by atoms with Crippen LogP contribution >= 0.6 is 0 Å². The molecule has 25 heavy (non-hydrogen) atoms. The predicted octanol–water partition coefficient (Wildman–Crippen LogP) is 2.00. The first-order valence-electron chi connectivity index (χ1n) is 8.64. The van der Waals surface area contributed by atoms with Crippen molar-refractivity contribution in [1.29, 1.82) is 0 Å². The van der Waals surface area contributed by atoms with Crippen LogP contribution in [-0.4, -0.2) is 61.8 Å². The normalized spacial score (nSPS) is 18.3. The first-order valence-corrected chi connectivity index (χ1v) is 8.64. The zero-order valence-electron chi connectivity index (χ0n) is 15.0. The first kappa shape index (κ1) is 17.6. The molecule has 0 aliphatic carbocycles. The number of carbonyl (C=O) groups is 1. The number of rotatable bonds is 5. The van der Waals surface area contributed by atoms with Gasteiger partial charge in [0.05, 0.1) is 37.1 Å². The Balaban J connectivity index is 1.66. The van der Waals surface area contributed by atoms with Crippen LogP contribution in [-0.2, 0) is 4.74 Å². The summed E-state index contributed by atoms with van der Waals surface area (Å²) in [6.07, 6.45) is 0. The lowest BCUT2D eigenvalue weighted by atomic mass is 10.1. The average Bonchev–Trinajstić information content (AvgIpc) is 2.62. The van der Waals surface area contributed by atoms with Crippen LogP contribution in [0.2, 0.25) is 0 Å². The molecule has 6 nitrogen and oxygen atoms in total. The number of nitrogens with zero attached hydrogens (tertiary/aromatic N) is 2. The molecule has 134 valence electrons. The number of amides is 1. The van der Waals surface area contributed by atoms with E-state index in [9.17, 15) is 4.79 Å². The Morgan fingerprint density at radius 2 is 2.28 bits per heavy atom. The van der Waals surface area contributed by atoms with E-state index in [1.165, 1.54) is 0 Å². The highest BCUT2D eigenvalue weighted by Crippen LogP contribution is 2.21. The predicted molar refractivity (Wildman–Crippen MR) is 97.2 cm³/mol. The van der Waals surface area contributed by atoms with E-state index >= 15 is 0 Å². The molecule has 2 aromatic rings. The number of hydrogen-bond donors (Lipinski definition) is 1. The van der Waals surface area contributed by atoms with Crippen LogP contribution in [0.1, 0.15) is 23.0 Å². The van der Waals surface area contributed by atoms with E-state index in [2.05, 4.69) is 22.1 Å². The van der Waals surface area contributed by atoms with Gasteiger partial charge in [-0.15, -0.1) is 0 Å². The number of methoxy groups -OCH3 is 1. The molecule has 1 aromatic carbocycles. The summed E-state index contributed by atoms with van der Waals surface area (Å²) >= 11 is 0. The van der Waals surface area contributed by atoms with Gasteiger partial charge in [-0.3, -0.25) is 14.7 Å². The lowest BCUT2D eigenvalue weighted by Gasteiger charge is -2.33. The second-order valence-electron chi connectivity index (χ2n) is 6.40. The topological polar surface area (TPSA) is 63.7 Å². The highest BCUT2D eigenvalue weighted by Gasteiger charge is 2.18. The van der Waals surface area contributed by atoms with Crippen LogP contribution in [0.3, 0.4) is 0 Å². The molecule has 3 rings (SSSR count). The number of nitrogens with one attached hydrogen (secondary N) is 1. The van der Waals surface area contributed by atoms with Crippen LogP contribution in [0.25, 0.3) is 10.9 Å². The fourth-order valence-electron chi connectivity index (χ4n) is 3.10. The fourth-order valence-corrected chi connectivity index (χ4v) is 3.10. The van der Waals surface area contributed by atoms with Crippen molar-refractivity contribution in [2.75, 3.05) is 40.0 Å². The van der Waals surface area contributed by atoms with E-state index in [-0.39, 0.29) is 5.91 Å². The van der Waals surface area contributed by atoms with Gasteiger partial charge in [-0.1, -0.05) is 0 Å². The number of benzene rings is 1. The molecule has 0 unspecified atom stereocenters. The Labute approximate surface area is 148 Å². The molecule has 0 radical (unpaired) electrons. The summed E-state index contributed by atoms with van der Waals surface area (Å²) in [4.78, 5) is 19.4. The van der Waals surface area contributed by atoms with Crippen molar-refractivity contribution < 1.29 is 14.3 Å². The number of aromatic nitrogens is 1. The Morgan fingerprint density at radius 1 is 1.44 bits per heavy atom. The second-order valence-corrected chi connectivity index (χ2v) is 6.40. The molecule has 6 heteroatoms. The summed E-state index contributed by atoms with van der Waals surface area (Å²) in [6, 6.07) is 7.96. The molecule has 1 aliphatic heterocycles. The Kier molecular flexibility index (Phi) is 5.50. The zero-order chi connectivity index (χ0) is 17.8. The van der Waals surface area contributed by atoms with E-state index < -0.39 is 0 Å². The van der Waals surface area contributed by atoms with Gasteiger partial charge in [-0.25, -0.2) is 0 Å². The van der Waals surface area contributed by atoms with Crippen molar-refractivity contribution >= 4 is 16.8 Å². The quantitative estimate of drug-likeness (QED) is 0.900. The van der Waals surface area contributed by atoms with Crippen LogP contribution in [0, 0.1) is 6.92 Å². The number of hydrogen-bond acceptors (Lipinski definition) is 5. The molecule has 1 aliphatic rings. The zero-order valence-corrected chi connectivity index (χ0v) is 15.0. The van der Waals surface area contributed by atoms with Gasteiger partial charge in [-0.05, 0) is 32.0 Å². The van der Waals surface area contributed by atoms with Crippen molar-refractivity contribution in [2.45, 2.75) is 19.9 Å². The molecule has 1 aromatic heterocycles. The maximum absolute atomic E-state index is 12.5. The minimum Gasteiger partial charge on any atom is -0.497 e. The van der Waals surface area contributed by atoms with Crippen LogP contribution in [0.15, 0.2) is 24.3 Å². The number of pyridine rings is 1. The van der Waals surface area contributed by atoms with Crippen LogP contribution in [0.5, 0.6) is 5.75 Å². The van der Waals surface area contributed by atoms with Gasteiger partial charge in [0.1, 0.15) is 5.75 Å². The number of morpholine rings is 1. The lowest BCUT2D eigenvalue weighted by molar-refractivity contribution is 0.000539. The van der Waals surface area contributed by atoms with Gasteiger partial charge in [0, 0.05) is 37.1 Å². The molecule has 0 bridgehead atoms. The number of fused-ring (bicyclic) bond motifs is 1. The van der Waals surface area contributed by atoms with Crippen molar-refractivity contribution in [3.63, 3.8) is 0 Å². The number of ether oxygens (including phenoxy) is 2. The average molecular weight is 343 g/mol. The van der Waals surface area contributed by atoms with Gasteiger partial charge >= 0.3 is 0 Å². The third-order valence-electron chi connectivity index (χ3n) is 4.65. The molecule has 2 heterocycles. The Morgan fingerprint density at radius 3 is 3.04 bits per heavy atom. The van der Waals surface area contributed by atoms with Crippen molar-refractivity contribution in [3.05, 3.63) is 35.5 Å². The summed E-state index contributed by atoms with van der Waals surface area (Å²) in [5.41, 5.74) is 2.17. The highest BCUT2D eigenvalue weighted by molar-refractivity contribution is 5.98. The summed E-state index contributed by atoms with van der Waals surface area (Å²) < 4.78 is 10.7. The smallest absolute Gasteiger partial charge is 0.253 e. The van der Waals surface area contributed by atoms with Crippen LogP contribution in [0.4, 0.5) is 0 Å². The monoisotopic (exact) mass is 343 g/mol. The third kappa shape index (κ3) is 4.08. The molecule has 1 saturated heterocycles. The van der Waals surface area contributed by atoms with E-state index in [4.69, 9.17) is 9.47 Å². The fraction of sp³-hybridized carbons (Fsp3) is 0.474. The van der Waals surface area contributed by atoms with Crippen molar-refractivity contribution in [3.8, 4) is 5.75 Å². The standard InChI is InChI=1S/C19H25N3O3/c1-13-12-25-9-8-22(13)7-6-20-19(23)17-10-15-4-5-16(24-3)11-18(15)21-14(17)2/h4-5,10-11,13H,6-9,12H2,1-3H3,(H,20,23)/t13-/m0/s1. The van der Waals surface area contributed by atoms with Crippen molar-refractivity contribution in [2.24, 2.45) is 0 Å². The summed E-state index contributed by atoms with van der Waals surface area (Å²) in [5, 5.41) is 3.94. The molecule has 1 amide bonds. The Hall–Kier alpha value is -2.18. The summed E-state index contributed by atoms with van der Waals surface area (Å²) in [5.74, 6) is 0.680. The summed E-state index contributed by atoms with van der Waals surface area (Å²) in [7, 11) is 1.63. The molecule has 1 N–H and O–H groups in total. The maximum atomic E-state index is 12.5. The molecule has 1 atom stereocenters. The largest absolute Gasteiger partial charge is 0.497 e. The van der Waals surface area contributed by atoms with Crippen LogP contribution < -0.4 is 10.1 Å². The van der Waals surface area contributed by atoms with E-state index in [0.29, 0.717) is 18.2 Å². The van der Waals surface area contributed by atoms with Gasteiger partial charge < -0.3 is 14.8 Å². The lowest BCUT2D eigenvalue weighted by Crippen LogP contribution is -2.46.